The van der Waals surface area contributed by atoms with Crippen LogP contribution >= 0.6 is 11.6 Å². The van der Waals surface area contributed by atoms with E-state index in [4.69, 9.17) is 17.3 Å². The smallest absolute Gasteiger partial charge is 0.277 e. The second-order valence-corrected chi connectivity index (χ2v) is 7.74. The molecule has 3 aromatic rings. The number of aliphatic hydroxyl groups is 1. The lowest BCUT2D eigenvalue weighted by Gasteiger charge is -2.28. The number of nitrogens with two attached hydrogens (primary N) is 1. The van der Waals surface area contributed by atoms with Gasteiger partial charge >= 0.3 is 0 Å². The number of aromatic nitrogens is 2. The summed E-state index contributed by atoms with van der Waals surface area (Å²) < 4.78 is 16.4. The first kappa shape index (κ1) is 23.8. The number of aliphatic hydroxyl groups excluding tert-OH is 1. The number of carbonyl (C=O) groups excluding carboxylic acids is 2. The molecule has 0 bridgehead atoms. The van der Waals surface area contributed by atoms with Crippen LogP contribution in [0.2, 0.25) is 5.02 Å². The largest absolute Gasteiger partial charge is 0.391 e. The lowest BCUT2D eigenvalue weighted by Crippen LogP contribution is -2.39. The number of hydrogen-bond acceptors (Lipinski definition) is 7. The lowest BCUT2D eigenvalue weighted by atomic mass is 10.1. The Bertz CT molecular complexity index is 1430. The molecular formula is C23H18ClFN6O4. The molecule has 4 rings (SSSR count). The quantitative estimate of drug-likeness (QED) is 0.474. The van der Waals surface area contributed by atoms with Crippen LogP contribution in [0.25, 0.3) is 5.69 Å². The molecule has 2 aromatic heterocycles. The summed E-state index contributed by atoms with van der Waals surface area (Å²) in [6.45, 7) is -0.499. The maximum atomic E-state index is 15.2. The summed E-state index contributed by atoms with van der Waals surface area (Å²) >= 11 is 5.80. The number of amides is 2. The average molecular weight is 497 g/mol. The summed E-state index contributed by atoms with van der Waals surface area (Å²) in [4.78, 5) is 46.8. The van der Waals surface area contributed by atoms with Gasteiger partial charge in [-0.25, -0.2) is 9.37 Å². The fraction of sp³-hybridized carbons (Fsp3) is 0.0870. The van der Waals surface area contributed by atoms with Gasteiger partial charge < -0.3 is 21.1 Å². The van der Waals surface area contributed by atoms with E-state index in [9.17, 15) is 19.5 Å². The van der Waals surface area contributed by atoms with Gasteiger partial charge in [0.1, 0.15) is 17.3 Å². The van der Waals surface area contributed by atoms with Crippen LogP contribution in [0.4, 0.5) is 15.9 Å². The third-order valence-electron chi connectivity index (χ3n) is 5.09. The minimum Gasteiger partial charge on any atom is -0.391 e. The Labute approximate surface area is 202 Å². The van der Waals surface area contributed by atoms with Crippen LogP contribution in [0.1, 0.15) is 5.56 Å². The van der Waals surface area contributed by atoms with Crippen molar-refractivity contribution < 1.29 is 19.1 Å². The van der Waals surface area contributed by atoms with E-state index >= 15 is 4.39 Å². The number of rotatable bonds is 6. The van der Waals surface area contributed by atoms with Crippen molar-refractivity contribution in [3.8, 4) is 5.69 Å². The van der Waals surface area contributed by atoms with E-state index in [1.165, 1.54) is 58.4 Å². The van der Waals surface area contributed by atoms with Gasteiger partial charge in [-0.3, -0.25) is 23.9 Å². The van der Waals surface area contributed by atoms with Crippen molar-refractivity contribution in [3.05, 3.63) is 93.0 Å². The Morgan fingerprint density at radius 2 is 2.03 bits per heavy atom. The van der Waals surface area contributed by atoms with Gasteiger partial charge in [0.15, 0.2) is 5.70 Å². The molecule has 4 N–H and O–H groups in total. The molecule has 0 unspecified atom stereocenters. The first-order valence-electron chi connectivity index (χ1n) is 10.2. The number of primary amides is 1. The van der Waals surface area contributed by atoms with Gasteiger partial charge in [-0.15, -0.1) is 0 Å². The monoisotopic (exact) mass is 496 g/mol. The van der Waals surface area contributed by atoms with E-state index in [0.29, 0.717) is 5.02 Å². The number of halogens is 2. The number of hydrogen-bond donors (Lipinski definition) is 3. The highest BCUT2D eigenvalue weighted by Crippen LogP contribution is 2.28. The maximum Gasteiger partial charge on any atom is 0.277 e. The Kier molecular flexibility index (Phi) is 6.71. The van der Waals surface area contributed by atoms with E-state index < -0.39 is 29.8 Å². The summed E-state index contributed by atoms with van der Waals surface area (Å²) in [6, 6.07) is 9.90. The van der Waals surface area contributed by atoms with Crippen molar-refractivity contribution in [2.75, 3.05) is 16.8 Å². The molecule has 0 spiro atoms. The number of nitrogens with zero attached hydrogens (tertiary/aromatic N) is 4. The molecule has 1 aromatic carbocycles. The molecule has 2 amide bonds. The van der Waals surface area contributed by atoms with E-state index in [1.807, 2.05) is 0 Å². The minimum atomic E-state index is -0.994. The average Bonchev–Trinajstić information content (AvgIpc) is 2.85. The molecule has 0 fully saturated rings. The molecule has 0 atom stereocenters. The zero-order chi connectivity index (χ0) is 25.1. The van der Waals surface area contributed by atoms with Crippen molar-refractivity contribution in [1.29, 1.82) is 0 Å². The molecule has 178 valence electrons. The summed E-state index contributed by atoms with van der Waals surface area (Å²) in [6.07, 6.45) is 4.10. The SMILES string of the molecule is NC(=O)C1=C(C(=O)Nc2ccc(Cl)cn2)N=CCN1c1ccc(-n2cccc(CO)c2=O)cc1F. The minimum absolute atomic E-state index is 0.0372. The molecule has 0 saturated carbocycles. The summed E-state index contributed by atoms with van der Waals surface area (Å²) in [7, 11) is 0. The van der Waals surface area contributed by atoms with Gasteiger partial charge in [-0.2, -0.15) is 0 Å². The third-order valence-corrected chi connectivity index (χ3v) is 5.32. The predicted molar refractivity (Wildman–Crippen MR) is 128 cm³/mol. The molecule has 1 aliphatic rings. The first-order valence-corrected chi connectivity index (χ1v) is 10.6. The van der Waals surface area contributed by atoms with Crippen molar-refractivity contribution in [2.24, 2.45) is 10.7 Å². The summed E-state index contributed by atoms with van der Waals surface area (Å²) in [5.74, 6) is -2.39. The summed E-state index contributed by atoms with van der Waals surface area (Å²) in [5, 5.41) is 12.2. The Morgan fingerprint density at radius 1 is 1.23 bits per heavy atom. The zero-order valence-electron chi connectivity index (χ0n) is 18.0. The van der Waals surface area contributed by atoms with Gasteiger partial charge in [0, 0.05) is 30.2 Å². The fourth-order valence-corrected chi connectivity index (χ4v) is 3.59. The van der Waals surface area contributed by atoms with Crippen LogP contribution in [0.15, 0.2) is 76.0 Å². The van der Waals surface area contributed by atoms with E-state index in [2.05, 4.69) is 15.3 Å². The number of carbonyl (C=O) groups is 2. The summed E-state index contributed by atoms with van der Waals surface area (Å²) in [5.41, 5.74) is 4.69. The van der Waals surface area contributed by atoms with Crippen LogP contribution in [0.5, 0.6) is 0 Å². The van der Waals surface area contributed by atoms with Crippen LogP contribution < -0.4 is 21.5 Å². The first-order chi connectivity index (χ1) is 16.8. The fourth-order valence-electron chi connectivity index (χ4n) is 3.48. The van der Waals surface area contributed by atoms with Gasteiger partial charge in [-0.1, -0.05) is 11.6 Å². The second kappa shape index (κ2) is 9.87. The van der Waals surface area contributed by atoms with Crippen molar-refractivity contribution in [3.63, 3.8) is 0 Å². The highest BCUT2D eigenvalue weighted by molar-refractivity contribution is 6.30. The number of aliphatic imine (C=N–C) groups is 1. The van der Waals surface area contributed by atoms with Crippen LogP contribution in [-0.4, -0.2) is 39.2 Å². The van der Waals surface area contributed by atoms with Crippen LogP contribution in [-0.2, 0) is 16.2 Å². The Hall–Kier alpha value is -4.35. The maximum absolute atomic E-state index is 15.2. The van der Waals surface area contributed by atoms with Crippen LogP contribution in [0.3, 0.4) is 0 Å². The number of anilines is 2. The molecule has 10 nitrogen and oxygen atoms in total. The number of nitrogens with one attached hydrogen (secondary N) is 1. The van der Waals surface area contributed by atoms with E-state index in [-0.39, 0.29) is 40.7 Å². The van der Waals surface area contributed by atoms with E-state index in [0.717, 1.165) is 6.07 Å². The topological polar surface area (TPSA) is 143 Å². The molecule has 12 heteroatoms. The normalized spacial score (nSPS) is 13.2. The standard InChI is InChI=1S/C23H18ClFN6O4/c24-14-3-6-18(28-11-14)29-22(34)19-20(21(26)33)31(9-7-27-19)17-5-4-15(10-16(17)25)30-8-1-2-13(12-32)23(30)35/h1-8,10-11,32H,9,12H2,(H2,26,33)(H,28,29,34). The molecule has 35 heavy (non-hydrogen) atoms. The van der Waals surface area contributed by atoms with Gasteiger partial charge in [0.25, 0.3) is 17.4 Å². The highest BCUT2D eigenvalue weighted by atomic mass is 35.5. The lowest BCUT2D eigenvalue weighted by molar-refractivity contribution is -0.116. The molecule has 0 radical (unpaired) electrons. The molecule has 0 saturated heterocycles. The molecule has 1 aliphatic heterocycles. The Morgan fingerprint density at radius 3 is 2.69 bits per heavy atom. The molecule has 0 aliphatic carbocycles. The van der Waals surface area contributed by atoms with E-state index in [1.54, 1.807) is 6.07 Å². The van der Waals surface area contributed by atoms with Gasteiger partial charge in [0.05, 0.1) is 29.5 Å². The molecular weight excluding hydrogens is 479 g/mol. The molecule has 3 heterocycles. The van der Waals surface area contributed by atoms with Crippen molar-refractivity contribution >= 4 is 41.1 Å². The Balaban J connectivity index is 1.71. The van der Waals surface area contributed by atoms with Gasteiger partial charge in [0.2, 0.25) is 0 Å². The van der Waals surface area contributed by atoms with Crippen LogP contribution in [0, 0.1) is 5.82 Å². The second-order valence-electron chi connectivity index (χ2n) is 7.30. The zero-order valence-corrected chi connectivity index (χ0v) is 18.7. The van der Waals surface area contributed by atoms with Crippen molar-refractivity contribution in [1.82, 2.24) is 9.55 Å². The highest BCUT2D eigenvalue weighted by Gasteiger charge is 2.29. The van der Waals surface area contributed by atoms with Crippen molar-refractivity contribution in [2.45, 2.75) is 6.61 Å². The number of benzene rings is 1. The van der Waals surface area contributed by atoms with Gasteiger partial charge in [-0.05, 0) is 36.4 Å². The third kappa shape index (κ3) is 4.81. The number of pyridine rings is 2. The predicted octanol–water partition coefficient (Wildman–Crippen LogP) is 1.74.